The molecule has 10 heteroatoms. The highest BCUT2D eigenvalue weighted by Gasteiger charge is 2.32. The molecule has 1 saturated heterocycles. The molecule has 1 aliphatic heterocycles. The number of methoxy groups -OCH3 is 2. The highest BCUT2D eigenvalue weighted by molar-refractivity contribution is 7.89. The SMILES string of the molecule is COc1ccc(OC)c(S(=O)(=O)N2CCN(C(=O)CCC(=O)O)CC2)c1. The number of amides is 1. The van der Waals surface area contributed by atoms with Crippen LogP contribution in [-0.2, 0) is 19.6 Å². The van der Waals surface area contributed by atoms with Gasteiger partial charge in [-0.25, -0.2) is 8.42 Å². The van der Waals surface area contributed by atoms with Crippen LogP contribution in [0.5, 0.6) is 11.5 Å². The van der Waals surface area contributed by atoms with Gasteiger partial charge in [-0.15, -0.1) is 0 Å². The summed E-state index contributed by atoms with van der Waals surface area (Å²) in [5.41, 5.74) is 0. The van der Waals surface area contributed by atoms with Gasteiger partial charge in [0.15, 0.2) is 0 Å². The van der Waals surface area contributed by atoms with Gasteiger partial charge >= 0.3 is 5.97 Å². The Bertz CT molecular complexity index is 771. The molecular formula is C16H22N2O7S. The molecule has 0 atom stereocenters. The average molecular weight is 386 g/mol. The monoisotopic (exact) mass is 386 g/mol. The molecule has 0 aromatic heterocycles. The summed E-state index contributed by atoms with van der Waals surface area (Å²) in [4.78, 5) is 24.0. The average Bonchev–Trinajstić information content (AvgIpc) is 2.65. The summed E-state index contributed by atoms with van der Waals surface area (Å²) in [6.07, 6.45) is -0.329. The number of carboxylic acid groups (broad SMARTS) is 1. The van der Waals surface area contributed by atoms with Crippen LogP contribution in [0.4, 0.5) is 0 Å². The van der Waals surface area contributed by atoms with E-state index in [2.05, 4.69) is 0 Å². The third kappa shape index (κ3) is 4.44. The van der Waals surface area contributed by atoms with E-state index in [1.165, 1.54) is 35.6 Å². The van der Waals surface area contributed by atoms with Gasteiger partial charge in [0.05, 0.1) is 20.6 Å². The van der Waals surface area contributed by atoms with Gasteiger partial charge in [0.1, 0.15) is 16.4 Å². The van der Waals surface area contributed by atoms with Gasteiger partial charge in [0, 0.05) is 38.7 Å². The fraction of sp³-hybridized carbons (Fsp3) is 0.500. The number of benzene rings is 1. The normalized spacial score (nSPS) is 15.5. The first kappa shape index (κ1) is 20.0. The van der Waals surface area contributed by atoms with Crippen molar-refractivity contribution >= 4 is 21.9 Å². The molecule has 1 heterocycles. The van der Waals surface area contributed by atoms with Gasteiger partial charge in [-0.2, -0.15) is 4.31 Å². The minimum atomic E-state index is -3.82. The predicted octanol–water partition coefficient (Wildman–Crippen LogP) is 0.401. The van der Waals surface area contributed by atoms with Crippen molar-refractivity contribution in [3.05, 3.63) is 18.2 Å². The van der Waals surface area contributed by atoms with Crippen LogP contribution in [-0.4, -0.2) is 75.0 Å². The third-order valence-electron chi connectivity index (χ3n) is 4.13. The maximum absolute atomic E-state index is 12.9. The molecule has 1 aliphatic rings. The highest BCUT2D eigenvalue weighted by Crippen LogP contribution is 2.31. The molecule has 1 amide bonds. The zero-order valence-electron chi connectivity index (χ0n) is 14.7. The van der Waals surface area contributed by atoms with Crippen molar-refractivity contribution in [1.82, 2.24) is 9.21 Å². The van der Waals surface area contributed by atoms with Crippen LogP contribution in [0, 0.1) is 0 Å². The van der Waals surface area contributed by atoms with Crippen LogP contribution in [0.25, 0.3) is 0 Å². The zero-order chi connectivity index (χ0) is 19.3. The second kappa shape index (κ2) is 8.37. The van der Waals surface area contributed by atoms with Crippen molar-refractivity contribution in [3.8, 4) is 11.5 Å². The van der Waals surface area contributed by atoms with E-state index >= 15 is 0 Å². The first-order valence-electron chi connectivity index (χ1n) is 8.01. The van der Waals surface area contributed by atoms with Crippen molar-refractivity contribution in [2.45, 2.75) is 17.7 Å². The highest BCUT2D eigenvalue weighted by atomic mass is 32.2. The number of hydrogen-bond donors (Lipinski definition) is 1. The molecule has 0 bridgehead atoms. The van der Waals surface area contributed by atoms with E-state index in [4.69, 9.17) is 14.6 Å². The minimum absolute atomic E-state index is 0.00463. The Balaban J connectivity index is 2.11. The quantitative estimate of drug-likeness (QED) is 0.722. The van der Waals surface area contributed by atoms with Crippen molar-refractivity contribution < 1.29 is 32.6 Å². The minimum Gasteiger partial charge on any atom is -0.497 e. The van der Waals surface area contributed by atoms with E-state index < -0.39 is 16.0 Å². The van der Waals surface area contributed by atoms with Crippen molar-refractivity contribution in [2.75, 3.05) is 40.4 Å². The third-order valence-corrected chi connectivity index (χ3v) is 6.05. The molecule has 0 saturated carbocycles. The van der Waals surface area contributed by atoms with E-state index in [0.29, 0.717) is 5.75 Å². The van der Waals surface area contributed by atoms with Gasteiger partial charge in [0.25, 0.3) is 0 Å². The van der Waals surface area contributed by atoms with E-state index in [1.807, 2.05) is 0 Å². The lowest BCUT2D eigenvalue weighted by Gasteiger charge is -2.34. The molecular weight excluding hydrogens is 364 g/mol. The molecule has 1 aromatic rings. The van der Waals surface area contributed by atoms with Crippen molar-refractivity contribution in [3.63, 3.8) is 0 Å². The lowest BCUT2D eigenvalue weighted by atomic mass is 10.2. The molecule has 2 rings (SSSR count). The fourth-order valence-corrected chi connectivity index (χ4v) is 4.27. The van der Waals surface area contributed by atoms with E-state index in [1.54, 1.807) is 6.07 Å². The first-order valence-corrected chi connectivity index (χ1v) is 9.45. The van der Waals surface area contributed by atoms with Crippen LogP contribution >= 0.6 is 0 Å². The van der Waals surface area contributed by atoms with Gasteiger partial charge in [-0.3, -0.25) is 9.59 Å². The summed E-state index contributed by atoms with van der Waals surface area (Å²) in [6.45, 7) is 0.678. The molecule has 1 N–H and O–H groups in total. The Hall–Kier alpha value is -2.33. The van der Waals surface area contributed by atoms with Crippen LogP contribution in [0.15, 0.2) is 23.1 Å². The molecule has 0 spiro atoms. The topological polar surface area (TPSA) is 113 Å². The zero-order valence-corrected chi connectivity index (χ0v) is 15.5. The van der Waals surface area contributed by atoms with Crippen LogP contribution < -0.4 is 9.47 Å². The number of rotatable bonds is 7. The second-order valence-electron chi connectivity index (χ2n) is 5.70. The van der Waals surface area contributed by atoms with E-state index in [9.17, 15) is 18.0 Å². The number of carboxylic acids is 1. The molecule has 9 nitrogen and oxygen atoms in total. The van der Waals surface area contributed by atoms with Crippen LogP contribution in [0.3, 0.4) is 0 Å². The number of carbonyl (C=O) groups excluding carboxylic acids is 1. The van der Waals surface area contributed by atoms with Crippen molar-refractivity contribution in [2.24, 2.45) is 0 Å². The maximum atomic E-state index is 12.9. The van der Waals surface area contributed by atoms with E-state index in [0.717, 1.165) is 0 Å². The summed E-state index contributed by atoms with van der Waals surface area (Å²) < 4.78 is 37.4. The standard InChI is InChI=1S/C16H22N2O7S/c1-24-12-3-4-13(25-2)14(11-12)26(22,23)18-9-7-17(8-10-18)15(19)5-6-16(20)21/h3-4,11H,5-10H2,1-2H3,(H,20,21). The van der Waals surface area contributed by atoms with Crippen LogP contribution in [0.2, 0.25) is 0 Å². The summed E-state index contributed by atoms with van der Waals surface area (Å²) >= 11 is 0. The molecule has 1 fully saturated rings. The fourth-order valence-electron chi connectivity index (χ4n) is 2.67. The number of sulfonamides is 1. The lowest BCUT2D eigenvalue weighted by Crippen LogP contribution is -2.50. The largest absolute Gasteiger partial charge is 0.497 e. The van der Waals surface area contributed by atoms with Gasteiger partial charge in [-0.05, 0) is 12.1 Å². The molecule has 1 aromatic carbocycles. The number of nitrogens with zero attached hydrogens (tertiary/aromatic N) is 2. The molecule has 0 radical (unpaired) electrons. The first-order chi connectivity index (χ1) is 12.3. The Morgan fingerprint density at radius 3 is 2.27 bits per heavy atom. The van der Waals surface area contributed by atoms with Crippen LogP contribution in [0.1, 0.15) is 12.8 Å². The number of hydrogen-bond acceptors (Lipinski definition) is 6. The number of carbonyl (C=O) groups is 2. The Kier molecular flexibility index (Phi) is 6.43. The lowest BCUT2D eigenvalue weighted by molar-refractivity contribution is -0.141. The Morgan fingerprint density at radius 1 is 1.08 bits per heavy atom. The Morgan fingerprint density at radius 2 is 1.73 bits per heavy atom. The Labute approximate surface area is 152 Å². The summed E-state index contributed by atoms with van der Waals surface area (Å²) in [6, 6.07) is 4.53. The van der Waals surface area contributed by atoms with E-state index in [-0.39, 0.29) is 55.6 Å². The second-order valence-corrected chi connectivity index (χ2v) is 7.60. The van der Waals surface area contributed by atoms with Gasteiger partial charge < -0.3 is 19.5 Å². The predicted molar refractivity (Wildman–Crippen MR) is 91.8 cm³/mol. The smallest absolute Gasteiger partial charge is 0.303 e. The molecule has 0 aliphatic carbocycles. The maximum Gasteiger partial charge on any atom is 0.303 e. The van der Waals surface area contributed by atoms with Crippen molar-refractivity contribution in [1.29, 1.82) is 0 Å². The summed E-state index contributed by atoms with van der Waals surface area (Å²) in [5.74, 6) is -0.717. The number of piperazine rings is 1. The number of ether oxygens (including phenoxy) is 2. The number of aliphatic carboxylic acids is 1. The summed E-state index contributed by atoms with van der Waals surface area (Å²) in [7, 11) is -0.983. The van der Waals surface area contributed by atoms with Gasteiger partial charge in [0.2, 0.25) is 15.9 Å². The molecule has 144 valence electrons. The van der Waals surface area contributed by atoms with Gasteiger partial charge in [-0.1, -0.05) is 0 Å². The summed E-state index contributed by atoms with van der Waals surface area (Å²) in [5, 5.41) is 8.65. The molecule has 26 heavy (non-hydrogen) atoms. The molecule has 0 unspecified atom stereocenters.